The number of aromatic carboxylic acids is 1. The number of carboxylic acids is 1. The van der Waals surface area contributed by atoms with E-state index in [1.807, 2.05) is 36.4 Å². The van der Waals surface area contributed by atoms with E-state index in [-0.39, 0.29) is 5.56 Å². The summed E-state index contributed by atoms with van der Waals surface area (Å²) in [5.74, 6) is -0.937. The van der Waals surface area contributed by atoms with Crippen LogP contribution in [0.2, 0.25) is 0 Å². The lowest BCUT2D eigenvalue weighted by Gasteiger charge is -2.06. The first kappa shape index (κ1) is 12.6. The first-order valence-electron chi connectivity index (χ1n) is 6.09. The molecule has 1 aromatic heterocycles. The van der Waals surface area contributed by atoms with Crippen molar-refractivity contribution in [2.24, 2.45) is 0 Å². The fourth-order valence-corrected chi connectivity index (χ4v) is 2.92. The van der Waals surface area contributed by atoms with Crippen molar-refractivity contribution in [3.63, 3.8) is 0 Å². The number of rotatable bonds is 3. The summed E-state index contributed by atoms with van der Waals surface area (Å²) in [6, 6.07) is 16.8. The van der Waals surface area contributed by atoms with Crippen molar-refractivity contribution in [1.82, 2.24) is 4.98 Å². The second-order valence-electron chi connectivity index (χ2n) is 4.25. The monoisotopic (exact) mass is 281 g/mol. The van der Waals surface area contributed by atoms with Gasteiger partial charge in [-0.05, 0) is 11.6 Å². The zero-order valence-corrected chi connectivity index (χ0v) is 11.3. The quantitative estimate of drug-likeness (QED) is 0.783. The highest BCUT2D eigenvalue weighted by molar-refractivity contribution is 7.13. The maximum Gasteiger partial charge on any atom is 0.336 e. The minimum Gasteiger partial charge on any atom is -0.478 e. The Morgan fingerprint density at radius 1 is 1.00 bits per heavy atom. The molecule has 4 heteroatoms. The number of hydrogen-bond donors (Lipinski definition) is 1. The Kier molecular flexibility index (Phi) is 3.31. The summed E-state index contributed by atoms with van der Waals surface area (Å²) in [4.78, 5) is 16.7. The van der Waals surface area contributed by atoms with Gasteiger partial charge in [-0.25, -0.2) is 9.78 Å². The molecule has 0 aliphatic carbocycles. The van der Waals surface area contributed by atoms with Gasteiger partial charge in [0.05, 0.1) is 21.6 Å². The molecule has 0 amide bonds. The molecule has 1 N–H and O–H groups in total. The predicted octanol–water partition coefficient (Wildman–Crippen LogP) is 4.18. The van der Waals surface area contributed by atoms with Crippen LogP contribution >= 0.6 is 11.3 Å². The first-order valence-corrected chi connectivity index (χ1v) is 6.97. The van der Waals surface area contributed by atoms with Crippen molar-refractivity contribution in [2.45, 2.75) is 0 Å². The Morgan fingerprint density at radius 3 is 2.45 bits per heavy atom. The maximum atomic E-state index is 11.3. The molecule has 0 saturated carbocycles. The van der Waals surface area contributed by atoms with Gasteiger partial charge < -0.3 is 5.11 Å². The van der Waals surface area contributed by atoms with E-state index < -0.39 is 5.97 Å². The highest BCUT2D eigenvalue weighted by Gasteiger charge is 2.16. The fraction of sp³-hybridized carbons (Fsp3) is 0. The van der Waals surface area contributed by atoms with Gasteiger partial charge in [-0.15, -0.1) is 11.3 Å². The van der Waals surface area contributed by atoms with Gasteiger partial charge in [0.2, 0.25) is 0 Å². The molecule has 0 unspecified atom stereocenters. The summed E-state index contributed by atoms with van der Waals surface area (Å²) in [7, 11) is 0. The molecule has 0 atom stereocenters. The molecule has 0 aliphatic heterocycles. The second-order valence-corrected chi connectivity index (χ2v) is 5.10. The summed E-state index contributed by atoms with van der Waals surface area (Å²) in [5, 5.41) is 9.30. The Bertz CT molecular complexity index is 750. The smallest absolute Gasteiger partial charge is 0.336 e. The predicted molar refractivity (Wildman–Crippen MR) is 79.9 cm³/mol. The van der Waals surface area contributed by atoms with Gasteiger partial charge in [0.1, 0.15) is 0 Å². The third-order valence-electron chi connectivity index (χ3n) is 3.02. The number of hydrogen-bond acceptors (Lipinski definition) is 3. The zero-order chi connectivity index (χ0) is 13.9. The van der Waals surface area contributed by atoms with Crippen LogP contribution in [0.1, 0.15) is 10.4 Å². The molecule has 0 spiro atoms. The third kappa shape index (κ3) is 2.21. The molecule has 0 radical (unpaired) electrons. The van der Waals surface area contributed by atoms with E-state index in [0.717, 1.165) is 16.1 Å². The van der Waals surface area contributed by atoms with Crippen molar-refractivity contribution in [3.8, 4) is 21.7 Å². The lowest BCUT2D eigenvalue weighted by molar-refractivity contribution is 0.0697. The van der Waals surface area contributed by atoms with Crippen molar-refractivity contribution >= 4 is 17.3 Å². The van der Waals surface area contributed by atoms with Crippen molar-refractivity contribution < 1.29 is 9.90 Å². The van der Waals surface area contributed by atoms with Crippen LogP contribution < -0.4 is 0 Å². The maximum absolute atomic E-state index is 11.3. The molecule has 1 heterocycles. The number of carbonyl (C=O) groups is 1. The summed E-state index contributed by atoms with van der Waals surface area (Å²) in [6.45, 7) is 0. The number of benzene rings is 2. The minimum absolute atomic E-state index is 0.274. The van der Waals surface area contributed by atoms with Crippen molar-refractivity contribution in [2.75, 3.05) is 0 Å². The van der Waals surface area contributed by atoms with E-state index in [1.165, 1.54) is 11.3 Å². The molecule has 2 aromatic carbocycles. The highest BCUT2D eigenvalue weighted by atomic mass is 32.1. The van der Waals surface area contributed by atoms with E-state index in [1.54, 1.807) is 23.7 Å². The molecular formula is C16H11NO2S. The number of carboxylic acid groups (broad SMARTS) is 1. The number of aromatic nitrogens is 1. The van der Waals surface area contributed by atoms with Crippen LogP contribution in [0.5, 0.6) is 0 Å². The molecule has 3 rings (SSSR count). The molecule has 0 aliphatic rings. The summed E-state index contributed by atoms with van der Waals surface area (Å²) >= 11 is 1.51. The van der Waals surface area contributed by atoms with Gasteiger partial charge in [0, 0.05) is 5.56 Å². The van der Waals surface area contributed by atoms with Gasteiger partial charge in [-0.3, -0.25) is 0 Å². The lowest BCUT2D eigenvalue weighted by atomic mass is 10.0. The lowest BCUT2D eigenvalue weighted by Crippen LogP contribution is -1.99. The van der Waals surface area contributed by atoms with Crippen molar-refractivity contribution in [3.05, 3.63) is 65.7 Å². The largest absolute Gasteiger partial charge is 0.478 e. The summed E-state index contributed by atoms with van der Waals surface area (Å²) < 4.78 is 0. The van der Waals surface area contributed by atoms with Crippen LogP contribution in [-0.4, -0.2) is 16.1 Å². The number of thiazole rings is 1. The second kappa shape index (κ2) is 5.27. The summed E-state index contributed by atoms with van der Waals surface area (Å²) in [6.07, 6.45) is 0. The van der Waals surface area contributed by atoms with E-state index in [4.69, 9.17) is 0 Å². The molecular weight excluding hydrogens is 270 g/mol. The van der Waals surface area contributed by atoms with Gasteiger partial charge in [-0.1, -0.05) is 48.5 Å². The fourth-order valence-electron chi connectivity index (χ4n) is 2.11. The van der Waals surface area contributed by atoms with Crippen LogP contribution in [0.15, 0.2) is 60.1 Å². The zero-order valence-electron chi connectivity index (χ0n) is 10.5. The Hall–Kier alpha value is -2.46. The van der Waals surface area contributed by atoms with Crippen LogP contribution in [0.4, 0.5) is 0 Å². The average molecular weight is 281 g/mol. The van der Waals surface area contributed by atoms with E-state index >= 15 is 0 Å². The molecule has 0 fully saturated rings. The van der Waals surface area contributed by atoms with Crippen LogP contribution in [0.3, 0.4) is 0 Å². The van der Waals surface area contributed by atoms with Gasteiger partial charge in [0.15, 0.2) is 0 Å². The van der Waals surface area contributed by atoms with E-state index in [2.05, 4.69) is 4.98 Å². The molecule has 0 bridgehead atoms. The SMILES string of the molecule is O=C(O)c1ccccc1-c1ncsc1-c1ccccc1. The topological polar surface area (TPSA) is 50.2 Å². The van der Waals surface area contributed by atoms with Crippen LogP contribution in [-0.2, 0) is 0 Å². The Balaban J connectivity index is 2.18. The first-order chi connectivity index (χ1) is 9.77. The normalized spacial score (nSPS) is 10.4. The van der Waals surface area contributed by atoms with Gasteiger partial charge >= 0.3 is 5.97 Å². The summed E-state index contributed by atoms with van der Waals surface area (Å²) in [5.41, 5.74) is 4.44. The Morgan fingerprint density at radius 2 is 1.70 bits per heavy atom. The molecule has 98 valence electrons. The van der Waals surface area contributed by atoms with Crippen LogP contribution in [0, 0.1) is 0 Å². The average Bonchev–Trinajstić information content (AvgIpc) is 2.97. The highest BCUT2D eigenvalue weighted by Crippen LogP contribution is 2.35. The Labute approximate surface area is 120 Å². The van der Waals surface area contributed by atoms with Crippen LogP contribution in [0.25, 0.3) is 21.7 Å². The molecule has 20 heavy (non-hydrogen) atoms. The van der Waals surface area contributed by atoms with Gasteiger partial charge in [0.25, 0.3) is 0 Å². The molecule has 3 nitrogen and oxygen atoms in total. The van der Waals surface area contributed by atoms with E-state index in [9.17, 15) is 9.90 Å². The molecule has 0 saturated heterocycles. The number of nitrogens with zero attached hydrogens (tertiary/aromatic N) is 1. The van der Waals surface area contributed by atoms with Gasteiger partial charge in [-0.2, -0.15) is 0 Å². The van der Waals surface area contributed by atoms with Crippen molar-refractivity contribution in [1.29, 1.82) is 0 Å². The minimum atomic E-state index is -0.937. The standard InChI is InChI=1S/C16H11NO2S/c18-16(19)13-9-5-4-8-12(13)14-15(20-10-17-14)11-6-2-1-3-7-11/h1-10H,(H,18,19). The molecule has 3 aromatic rings. The third-order valence-corrected chi connectivity index (χ3v) is 3.89. The van der Waals surface area contributed by atoms with E-state index in [0.29, 0.717) is 5.56 Å².